The number of amides is 1. The molecule has 0 aliphatic heterocycles. The molecular formula is C24H25N3O4S. The van der Waals surface area contributed by atoms with Crippen molar-refractivity contribution >= 4 is 29.3 Å². The molecule has 0 saturated carbocycles. The smallest absolute Gasteiger partial charge is 0.338 e. The number of hydrogen-bond acceptors (Lipinski definition) is 6. The minimum atomic E-state index is -0.388. The summed E-state index contributed by atoms with van der Waals surface area (Å²) in [4.78, 5) is 43.8. The lowest BCUT2D eigenvalue weighted by molar-refractivity contribution is -0.113. The van der Waals surface area contributed by atoms with E-state index in [4.69, 9.17) is 4.74 Å². The number of rotatable bonds is 9. The van der Waals surface area contributed by atoms with Crippen LogP contribution in [0.15, 0.2) is 64.5 Å². The highest BCUT2D eigenvalue weighted by Gasteiger charge is 2.12. The van der Waals surface area contributed by atoms with E-state index in [0.717, 1.165) is 23.7 Å². The molecule has 32 heavy (non-hydrogen) atoms. The summed E-state index contributed by atoms with van der Waals surface area (Å²) in [5.74, 6) is -0.549. The number of thioether (sulfide) groups is 1. The van der Waals surface area contributed by atoms with Gasteiger partial charge in [0.1, 0.15) is 0 Å². The fourth-order valence-corrected chi connectivity index (χ4v) is 3.67. The lowest BCUT2D eigenvalue weighted by Gasteiger charge is -2.08. The van der Waals surface area contributed by atoms with E-state index >= 15 is 0 Å². The van der Waals surface area contributed by atoms with Gasteiger partial charge in [-0.05, 0) is 43.2 Å². The number of nitrogens with one attached hydrogen (secondary N) is 2. The van der Waals surface area contributed by atoms with E-state index in [2.05, 4.69) is 15.3 Å². The maximum absolute atomic E-state index is 12.5. The van der Waals surface area contributed by atoms with Gasteiger partial charge in [0.15, 0.2) is 5.16 Å². The summed E-state index contributed by atoms with van der Waals surface area (Å²) in [5.41, 5.74) is 3.09. The van der Waals surface area contributed by atoms with Crippen LogP contribution in [0.25, 0.3) is 0 Å². The van der Waals surface area contributed by atoms with Gasteiger partial charge < -0.3 is 15.0 Å². The Hall–Kier alpha value is -3.39. The topological polar surface area (TPSA) is 101 Å². The summed E-state index contributed by atoms with van der Waals surface area (Å²) < 4.78 is 5.08. The van der Waals surface area contributed by atoms with Crippen LogP contribution < -0.4 is 10.9 Å². The van der Waals surface area contributed by atoms with E-state index in [1.807, 2.05) is 37.3 Å². The van der Waals surface area contributed by atoms with Gasteiger partial charge in [0.25, 0.3) is 5.56 Å². The van der Waals surface area contributed by atoms with Crippen LogP contribution >= 0.6 is 11.8 Å². The van der Waals surface area contributed by atoms with E-state index in [0.29, 0.717) is 40.7 Å². The fourth-order valence-electron chi connectivity index (χ4n) is 2.96. The zero-order chi connectivity index (χ0) is 22.9. The monoisotopic (exact) mass is 451 g/mol. The highest BCUT2D eigenvalue weighted by Crippen LogP contribution is 2.16. The maximum Gasteiger partial charge on any atom is 0.338 e. The lowest BCUT2D eigenvalue weighted by Crippen LogP contribution is -2.19. The zero-order valence-corrected chi connectivity index (χ0v) is 18.8. The van der Waals surface area contributed by atoms with E-state index in [9.17, 15) is 14.4 Å². The van der Waals surface area contributed by atoms with Gasteiger partial charge >= 0.3 is 5.97 Å². The molecule has 166 valence electrons. The van der Waals surface area contributed by atoms with Crippen molar-refractivity contribution < 1.29 is 14.3 Å². The molecule has 7 nitrogen and oxygen atoms in total. The molecule has 3 aromatic rings. The Morgan fingerprint density at radius 1 is 1.09 bits per heavy atom. The van der Waals surface area contributed by atoms with E-state index < -0.39 is 0 Å². The first-order valence-corrected chi connectivity index (χ1v) is 11.3. The van der Waals surface area contributed by atoms with Crippen LogP contribution in [0.1, 0.15) is 40.5 Å². The predicted molar refractivity (Wildman–Crippen MR) is 125 cm³/mol. The van der Waals surface area contributed by atoms with Crippen LogP contribution in [0.3, 0.4) is 0 Å². The Balaban J connectivity index is 1.55. The third-order valence-corrected chi connectivity index (χ3v) is 5.48. The van der Waals surface area contributed by atoms with Crippen molar-refractivity contribution in [3.8, 4) is 0 Å². The minimum Gasteiger partial charge on any atom is -0.462 e. The molecule has 0 unspecified atom stereocenters. The van der Waals surface area contributed by atoms with Crippen molar-refractivity contribution in [1.82, 2.24) is 9.97 Å². The van der Waals surface area contributed by atoms with Crippen molar-refractivity contribution in [2.24, 2.45) is 0 Å². The van der Waals surface area contributed by atoms with E-state index in [-0.39, 0.29) is 23.2 Å². The molecule has 0 fully saturated rings. The van der Waals surface area contributed by atoms with Gasteiger partial charge in [-0.25, -0.2) is 9.78 Å². The number of carbonyl (C=O) groups excluding carboxylic acids is 2. The molecule has 8 heteroatoms. The first-order valence-electron chi connectivity index (χ1n) is 10.3. The summed E-state index contributed by atoms with van der Waals surface area (Å²) >= 11 is 1.16. The summed E-state index contributed by atoms with van der Waals surface area (Å²) in [5, 5.41) is 3.16. The number of hydrogen-bond donors (Lipinski definition) is 2. The van der Waals surface area contributed by atoms with Crippen LogP contribution in [0.2, 0.25) is 0 Å². The molecule has 1 amide bonds. The van der Waals surface area contributed by atoms with Gasteiger partial charge in [0, 0.05) is 23.4 Å². The van der Waals surface area contributed by atoms with E-state index in [1.165, 1.54) is 0 Å². The van der Waals surface area contributed by atoms with Crippen LogP contribution in [-0.2, 0) is 16.0 Å². The lowest BCUT2D eigenvalue weighted by atomic mass is 10.1. The second-order valence-electron chi connectivity index (χ2n) is 7.15. The minimum absolute atomic E-state index is 0.0840. The van der Waals surface area contributed by atoms with Crippen LogP contribution in [-0.4, -0.2) is 34.2 Å². The zero-order valence-electron chi connectivity index (χ0n) is 18.0. The molecule has 0 spiro atoms. The standard InChI is InChI=1S/C24H25N3O4S/c1-3-13-31-23(30)18-9-11-19(12-10-18)26-21(28)15-32-24-25-16(2)20(22(29)27-24)14-17-7-5-4-6-8-17/h4-12H,3,13-15H2,1-2H3,(H,26,28)(H,25,27,29). The van der Waals surface area contributed by atoms with Crippen LogP contribution in [0.4, 0.5) is 5.69 Å². The molecule has 2 aromatic carbocycles. The fraction of sp³-hybridized carbons (Fsp3) is 0.250. The molecule has 0 aliphatic rings. The molecule has 3 rings (SSSR count). The molecule has 1 aromatic heterocycles. The van der Waals surface area contributed by atoms with Crippen molar-refractivity contribution in [1.29, 1.82) is 0 Å². The van der Waals surface area contributed by atoms with Crippen molar-refractivity contribution in [3.05, 3.63) is 87.3 Å². The quantitative estimate of drug-likeness (QED) is 0.290. The number of nitrogens with zero attached hydrogens (tertiary/aromatic N) is 1. The SMILES string of the molecule is CCCOC(=O)c1ccc(NC(=O)CSc2nc(C)c(Cc3ccccc3)c(=O)[nH]2)cc1. The number of H-pyrrole nitrogens is 1. The predicted octanol–water partition coefficient (Wildman–Crippen LogP) is 3.97. The number of carbonyl (C=O) groups is 2. The Bertz CT molecular complexity index is 1130. The van der Waals surface area contributed by atoms with Crippen LogP contribution in [0.5, 0.6) is 0 Å². The summed E-state index contributed by atoms with van der Waals surface area (Å²) in [6, 6.07) is 16.2. The second kappa shape index (κ2) is 11.3. The van der Waals surface area contributed by atoms with Crippen LogP contribution in [0, 0.1) is 6.92 Å². The molecule has 0 aliphatic carbocycles. The van der Waals surface area contributed by atoms with Crippen molar-refractivity contribution in [3.63, 3.8) is 0 Å². The van der Waals surface area contributed by atoms with Gasteiger partial charge in [-0.15, -0.1) is 0 Å². The molecular weight excluding hydrogens is 426 g/mol. The Labute approximate surface area is 190 Å². The van der Waals surface area contributed by atoms with E-state index in [1.54, 1.807) is 31.2 Å². The van der Waals surface area contributed by atoms with Gasteiger partial charge in [0.2, 0.25) is 5.91 Å². The number of aryl methyl sites for hydroxylation is 1. The summed E-state index contributed by atoms with van der Waals surface area (Å²) in [6.45, 7) is 4.09. The van der Waals surface area contributed by atoms with Gasteiger partial charge in [-0.1, -0.05) is 49.0 Å². The Morgan fingerprint density at radius 2 is 1.81 bits per heavy atom. The average molecular weight is 452 g/mol. The van der Waals surface area contributed by atoms with Crippen molar-refractivity contribution in [2.45, 2.75) is 31.8 Å². The summed E-state index contributed by atoms with van der Waals surface area (Å²) in [7, 11) is 0. The maximum atomic E-state index is 12.5. The highest BCUT2D eigenvalue weighted by molar-refractivity contribution is 7.99. The third kappa shape index (κ3) is 6.55. The molecule has 0 radical (unpaired) electrons. The number of benzene rings is 2. The first-order chi connectivity index (χ1) is 15.5. The number of esters is 1. The Kier molecular flexibility index (Phi) is 8.21. The number of anilines is 1. The number of ether oxygens (including phenoxy) is 1. The third-order valence-electron chi connectivity index (χ3n) is 4.61. The molecule has 1 heterocycles. The number of aromatic nitrogens is 2. The largest absolute Gasteiger partial charge is 0.462 e. The Morgan fingerprint density at radius 3 is 2.47 bits per heavy atom. The first kappa shape index (κ1) is 23.3. The summed E-state index contributed by atoms with van der Waals surface area (Å²) in [6.07, 6.45) is 1.26. The second-order valence-corrected chi connectivity index (χ2v) is 8.11. The average Bonchev–Trinajstić information content (AvgIpc) is 2.79. The molecule has 0 bridgehead atoms. The molecule has 0 saturated heterocycles. The molecule has 0 atom stereocenters. The molecule has 2 N–H and O–H groups in total. The normalized spacial score (nSPS) is 10.6. The van der Waals surface area contributed by atoms with Gasteiger partial charge in [-0.3, -0.25) is 9.59 Å². The highest BCUT2D eigenvalue weighted by atomic mass is 32.2. The van der Waals surface area contributed by atoms with Gasteiger partial charge in [0.05, 0.1) is 17.9 Å². The number of aromatic amines is 1. The van der Waals surface area contributed by atoms with Crippen molar-refractivity contribution in [2.75, 3.05) is 17.7 Å². The van der Waals surface area contributed by atoms with Gasteiger partial charge in [-0.2, -0.15) is 0 Å².